The molecule has 1 saturated carbocycles. The van der Waals surface area contributed by atoms with Crippen LogP contribution in [0.4, 0.5) is 10.1 Å². The van der Waals surface area contributed by atoms with E-state index in [4.69, 9.17) is 11.6 Å². The van der Waals surface area contributed by atoms with Gasteiger partial charge in [-0.1, -0.05) is 38.3 Å². The van der Waals surface area contributed by atoms with Crippen molar-refractivity contribution < 1.29 is 4.39 Å². The van der Waals surface area contributed by atoms with E-state index in [9.17, 15) is 4.39 Å². The van der Waals surface area contributed by atoms with Gasteiger partial charge in [-0.3, -0.25) is 0 Å². The van der Waals surface area contributed by atoms with Crippen LogP contribution in [0.15, 0.2) is 18.2 Å². The van der Waals surface area contributed by atoms with Crippen molar-refractivity contribution in [3.05, 3.63) is 29.0 Å². The lowest BCUT2D eigenvalue weighted by atomic mass is 9.89. The molecule has 3 heteroatoms. The summed E-state index contributed by atoms with van der Waals surface area (Å²) in [6.45, 7) is 4.62. The maximum Gasteiger partial charge on any atom is 0.143 e. The summed E-state index contributed by atoms with van der Waals surface area (Å²) in [7, 11) is 0. The molecule has 1 aliphatic carbocycles. The van der Waals surface area contributed by atoms with Crippen LogP contribution < -0.4 is 5.32 Å². The molecule has 0 spiro atoms. The van der Waals surface area contributed by atoms with Gasteiger partial charge in [0.2, 0.25) is 0 Å². The number of hydrogen-bond acceptors (Lipinski definition) is 1. The Morgan fingerprint density at radius 3 is 2.68 bits per heavy atom. The highest BCUT2D eigenvalue weighted by atomic mass is 35.5. The molecule has 1 N–H and O–H groups in total. The van der Waals surface area contributed by atoms with Crippen molar-refractivity contribution >= 4 is 17.3 Å². The molecule has 1 aliphatic rings. The topological polar surface area (TPSA) is 12.0 Å². The van der Waals surface area contributed by atoms with Crippen molar-refractivity contribution in [2.24, 2.45) is 11.8 Å². The summed E-state index contributed by atoms with van der Waals surface area (Å²) >= 11 is 5.70. The molecule has 0 aromatic heterocycles. The van der Waals surface area contributed by atoms with E-state index in [0.29, 0.717) is 6.04 Å². The zero-order valence-electron chi connectivity index (χ0n) is 11.8. The smallest absolute Gasteiger partial charge is 0.143 e. The number of benzene rings is 1. The minimum atomic E-state index is -0.347. The first-order valence-electron chi connectivity index (χ1n) is 7.28. The van der Waals surface area contributed by atoms with Crippen molar-refractivity contribution in [2.75, 3.05) is 5.32 Å². The average Bonchev–Trinajstić information content (AvgIpc) is 2.59. The normalized spacial score (nSPS) is 24.3. The summed E-state index contributed by atoms with van der Waals surface area (Å²) in [4.78, 5) is 0. The first-order chi connectivity index (χ1) is 9.06. The summed E-state index contributed by atoms with van der Waals surface area (Å²) in [5.41, 5.74) is 0.842. The van der Waals surface area contributed by atoms with E-state index < -0.39 is 0 Å². The maximum atomic E-state index is 13.4. The second kappa shape index (κ2) is 6.60. The molecule has 0 radical (unpaired) electrons. The quantitative estimate of drug-likeness (QED) is 0.723. The molecule has 1 aromatic carbocycles. The largest absolute Gasteiger partial charge is 0.382 e. The third-order valence-corrected chi connectivity index (χ3v) is 4.55. The Morgan fingerprint density at radius 1 is 1.21 bits per heavy atom. The van der Waals surface area contributed by atoms with E-state index in [1.807, 2.05) is 6.07 Å². The molecule has 19 heavy (non-hydrogen) atoms. The van der Waals surface area contributed by atoms with Crippen LogP contribution in [0.5, 0.6) is 0 Å². The van der Waals surface area contributed by atoms with Crippen LogP contribution in [0.1, 0.15) is 46.0 Å². The third-order valence-electron chi connectivity index (χ3n) is 4.25. The molecular formula is C16H23ClFN. The molecule has 106 valence electrons. The molecule has 0 heterocycles. The van der Waals surface area contributed by atoms with Crippen LogP contribution in [-0.4, -0.2) is 6.04 Å². The fourth-order valence-electron chi connectivity index (χ4n) is 2.96. The van der Waals surface area contributed by atoms with Gasteiger partial charge in [0.1, 0.15) is 5.82 Å². The fourth-order valence-corrected chi connectivity index (χ4v) is 3.08. The van der Waals surface area contributed by atoms with Gasteiger partial charge in [0.05, 0.1) is 5.02 Å². The fraction of sp³-hybridized carbons (Fsp3) is 0.625. The molecule has 1 nitrogen and oxygen atoms in total. The number of halogens is 2. The second-order valence-corrected chi connectivity index (χ2v) is 6.39. The van der Waals surface area contributed by atoms with E-state index in [1.165, 1.54) is 38.2 Å². The molecule has 1 fully saturated rings. The first-order valence-corrected chi connectivity index (χ1v) is 7.65. The van der Waals surface area contributed by atoms with Crippen molar-refractivity contribution in [3.8, 4) is 0 Å². The highest BCUT2D eigenvalue weighted by Crippen LogP contribution is 2.30. The molecule has 2 rings (SSSR count). The van der Waals surface area contributed by atoms with E-state index in [1.54, 1.807) is 6.07 Å². The van der Waals surface area contributed by atoms with Crippen LogP contribution >= 0.6 is 11.6 Å². The summed E-state index contributed by atoms with van der Waals surface area (Å²) < 4.78 is 13.4. The van der Waals surface area contributed by atoms with Crippen LogP contribution in [-0.2, 0) is 0 Å². The van der Waals surface area contributed by atoms with Gasteiger partial charge in [0.15, 0.2) is 0 Å². The Bertz CT molecular complexity index is 419. The molecule has 2 unspecified atom stereocenters. The summed E-state index contributed by atoms with van der Waals surface area (Å²) in [5.74, 6) is 1.26. The van der Waals surface area contributed by atoms with Gasteiger partial charge in [-0.05, 0) is 49.3 Å². The Labute approximate surface area is 120 Å². The predicted octanol–water partition coefficient (Wildman–Crippen LogP) is 5.50. The first kappa shape index (κ1) is 14.6. The van der Waals surface area contributed by atoms with Gasteiger partial charge in [-0.25, -0.2) is 4.39 Å². The minimum Gasteiger partial charge on any atom is -0.382 e. The number of anilines is 1. The van der Waals surface area contributed by atoms with Crippen LogP contribution in [0.25, 0.3) is 0 Å². The Kier molecular flexibility index (Phi) is 5.09. The standard InChI is InChI=1S/C16H23ClFN/c1-11(2)12-4-3-5-13(7-6-12)19-14-8-9-15(17)16(18)10-14/h8-13,19H,3-7H2,1-2H3. The van der Waals surface area contributed by atoms with Crippen molar-refractivity contribution in [1.82, 2.24) is 0 Å². The number of rotatable bonds is 3. The molecule has 0 bridgehead atoms. The van der Waals surface area contributed by atoms with Crippen LogP contribution in [0.2, 0.25) is 5.02 Å². The van der Waals surface area contributed by atoms with Gasteiger partial charge >= 0.3 is 0 Å². The maximum absolute atomic E-state index is 13.4. The molecular weight excluding hydrogens is 261 g/mol. The summed E-state index contributed by atoms with van der Waals surface area (Å²) in [6.07, 6.45) is 6.20. The number of hydrogen-bond donors (Lipinski definition) is 1. The average molecular weight is 284 g/mol. The number of nitrogens with one attached hydrogen (secondary N) is 1. The summed E-state index contributed by atoms with van der Waals surface area (Å²) in [5, 5.41) is 3.64. The molecule has 0 aliphatic heterocycles. The van der Waals surface area contributed by atoms with Crippen molar-refractivity contribution in [2.45, 2.75) is 52.0 Å². The SMILES string of the molecule is CC(C)C1CCCC(Nc2ccc(Cl)c(F)c2)CC1. The Hall–Kier alpha value is -0.760. The van der Waals surface area contributed by atoms with E-state index in [-0.39, 0.29) is 10.8 Å². The third kappa shape index (κ3) is 4.10. The highest BCUT2D eigenvalue weighted by molar-refractivity contribution is 6.30. The predicted molar refractivity (Wildman–Crippen MR) is 80.2 cm³/mol. The van der Waals surface area contributed by atoms with E-state index in [0.717, 1.165) is 17.5 Å². The lowest BCUT2D eigenvalue weighted by molar-refractivity contribution is 0.341. The zero-order chi connectivity index (χ0) is 13.8. The molecule has 2 atom stereocenters. The monoisotopic (exact) mass is 283 g/mol. The lowest BCUT2D eigenvalue weighted by Crippen LogP contribution is -2.18. The van der Waals surface area contributed by atoms with Gasteiger partial charge in [-0.15, -0.1) is 0 Å². The molecule has 1 aromatic rings. The Morgan fingerprint density at radius 2 is 2.00 bits per heavy atom. The second-order valence-electron chi connectivity index (χ2n) is 5.98. The van der Waals surface area contributed by atoms with Crippen molar-refractivity contribution in [3.63, 3.8) is 0 Å². The zero-order valence-corrected chi connectivity index (χ0v) is 12.5. The van der Waals surface area contributed by atoms with Crippen LogP contribution in [0.3, 0.4) is 0 Å². The molecule has 0 amide bonds. The van der Waals surface area contributed by atoms with Gasteiger partial charge < -0.3 is 5.32 Å². The van der Waals surface area contributed by atoms with Gasteiger partial charge in [0, 0.05) is 11.7 Å². The highest BCUT2D eigenvalue weighted by Gasteiger charge is 2.20. The summed E-state index contributed by atoms with van der Waals surface area (Å²) in [6, 6.07) is 5.43. The van der Waals surface area contributed by atoms with Gasteiger partial charge in [0.25, 0.3) is 0 Å². The Balaban J connectivity index is 1.94. The lowest BCUT2D eigenvalue weighted by Gasteiger charge is -2.20. The van der Waals surface area contributed by atoms with E-state index in [2.05, 4.69) is 19.2 Å². The van der Waals surface area contributed by atoms with E-state index >= 15 is 0 Å². The van der Waals surface area contributed by atoms with Gasteiger partial charge in [-0.2, -0.15) is 0 Å². The minimum absolute atomic E-state index is 0.186. The van der Waals surface area contributed by atoms with Crippen molar-refractivity contribution in [1.29, 1.82) is 0 Å². The molecule has 0 saturated heterocycles. The van der Waals surface area contributed by atoms with Crippen LogP contribution in [0, 0.1) is 17.7 Å².